The van der Waals surface area contributed by atoms with E-state index in [9.17, 15) is 18.0 Å². The molecule has 2 N–H and O–H groups in total. The lowest BCUT2D eigenvalue weighted by Gasteiger charge is -2.34. The van der Waals surface area contributed by atoms with Crippen molar-refractivity contribution in [1.29, 1.82) is 0 Å². The van der Waals surface area contributed by atoms with Gasteiger partial charge in [0, 0.05) is 12.6 Å². The number of carbonyl (C=O) groups excluding carboxylic acids is 2. The highest BCUT2D eigenvalue weighted by molar-refractivity contribution is 7.91. The number of sulfonamides is 1. The van der Waals surface area contributed by atoms with Gasteiger partial charge in [-0.15, -0.1) is 11.3 Å². The van der Waals surface area contributed by atoms with Gasteiger partial charge in [-0.1, -0.05) is 6.07 Å². The molecule has 1 atom stereocenters. The monoisotopic (exact) mass is 375 g/mol. The van der Waals surface area contributed by atoms with E-state index in [4.69, 9.17) is 4.74 Å². The molecule has 2 rings (SSSR count). The van der Waals surface area contributed by atoms with E-state index in [1.54, 1.807) is 25.3 Å². The number of ether oxygens (including phenoxy) is 1. The minimum Gasteiger partial charge on any atom is -0.360 e. The van der Waals surface area contributed by atoms with Crippen LogP contribution in [0.3, 0.4) is 0 Å². The van der Waals surface area contributed by atoms with Crippen LogP contribution in [0.2, 0.25) is 0 Å². The maximum Gasteiger partial charge on any atom is 0.309 e. The number of thiophene rings is 1. The van der Waals surface area contributed by atoms with Crippen molar-refractivity contribution in [1.82, 2.24) is 14.9 Å². The molecule has 1 aliphatic rings. The zero-order chi connectivity index (χ0) is 17.7. The summed E-state index contributed by atoms with van der Waals surface area (Å²) in [5, 5.41) is 6.58. The number of hydrogen-bond donors (Lipinski definition) is 2. The van der Waals surface area contributed by atoms with E-state index in [1.165, 1.54) is 10.4 Å². The third-order valence-electron chi connectivity index (χ3n) is 3.28. The second-order valence-electron chi connectivity index (χ2n) is 5.57. The van der Waals surface area contributed by atoms with Crippen LogP contribution in [-0.4, -0.2) is 56.5 Å². The van der Waals surface area contributed by atoms with E-state index in [-0.39, 0.29) is 16.8 Å². The summed E-state index contributed by atoms with van der Waals surface area (Å²) in [5.74, 6) is -1.57. The summed E-state index contributed by atoms with van der Waals surface area (Å²) in [6, 6.07) is 3.03. The molecule has 8 nitrogen and oxygen atoms in total. The lowest BCUT2D eigenvalue weighted by Crippen LogP contribution is -2.53. The number of nitrogens with zero attached hydrogens (tertiary/aromatic N) is 1. The molecule has 1 aromatic heterocycles. The average molecular weight is 375 g/mol. The molecule has 0 aromatic carbocycles. The predicted molar refractivity (Wildman–Crippen MR) is 88.9 cm³/mol. The molecular weight excluding hydrogens is 354 g/mol. The van der Waals surface area contributed by atoms with Gasteiger partial charge in [0.15, 0.2) is 0 Å². The van der Waals surface area contributed by atoms with Gasteiger partial charge in [0.25, 0.3) is 10.0 Å². The van der Waals surface area contributed by atoms with Crippen LogP contribution < -0.4 is 10.6 Å². The maximum atomic E-state index is 12.6. The summed E-state index contributed by atoms with van der Waals surface area (Å²) in [6.45, 7) is 4.10. The Balaban J connectivity index is 2.02. The van der Waals surface area contributed by atoms with Crippen molar-refractivity contribution in [3.05, 3.63) is 17.5 Å². The first kappa shape index (κ1) is 18.8. The fraction of sp³-hybridized carbons (Fsp3) is 0.571. The molecule has 2 heterocycles. The van der Waals surface area contributed by atoms with Crippen LogP contribution in [0.4, 0.5) is 0 Å². The fourth-order valence-corrected chi connectivity index (χ4v) is 4.90. The zero-order valence-electron chi connectivity index (χ0n) is 13.5. The molecule has 0 spiro atoms. The van der Waals surface area contributed by atoms with Gasteiger partial charge in [0.1, 0.15) is 10.4 Å². The molecule has 0 unspecified atom stereocenters. The number of carbonyl (C=O) groups is 2. The normalized spacial score (nSPS) is 19.2. The molecule has 0 saturated carbocycles. The molecule has 1 fully saturated rings. The van der Waals surface area contributed by atoms with Crippen LogP contribution in [0.15, 0.2) is 21.7 Å². The molecule has 10 heteroatoms. The molecular formula is C14H21N3O5S2. The van der Waals surface area contributed by atoms with Crippen molar-refractivity contribution in [2.24, 2.45) is 0 Å². The van der Waals surface area contributed by atoms with E-state index >= 15 is 0 Å². The summed E-state index contributed by atoms with van der Waals surface area (Å²) in [4.78, 5) is 23.4. The topological polar surface area (TPSA) is 105 Å². The zero-order valence-corrected chi connectivity index (χ0v) is 15.2. The van der Waals surface area contributed by atoms with Gasteiger partial charge in [0.2, 0.25) is 0 Å². The minimum atomic E-state index is -3.68. The highest BCUT2D eigenvalue weighted by Gasteiger charge is 2.35. The van der Waals surface area contributed by atoms with E-state index < -0.39 is 28.1 Å². The van der Waals surface area contributed by atoms with Crippen LogP contribution in [0.25, 0.3) is 0 Å². The molecule has 134 valence electrons. The molecule has 2 amide bonds. The Hall–Kier alpha value is -1.49. The van der Waals surface area contributed by atoms with E-state index in [0.717, 1.165) is 11.3 Å². The lowest BCUT2D eigenvalue weighted by atomic mass is 10.3. The van der Waals surface area contributed by atoms with Gasteiger partial charge >= 0.3 is 11.8 Å². The van der Waals surface area contributed by atoms with Crippen LogP contribution >= 0.6 is 11.3 Å². The summed E-state index contributed by atoms with van der Waals surface area (Å²) < 4.78 is 32.2. The summed E-state index contributed by atoms with van der Waals surface area (Å²) in [7, 11) is -3.68. The van der Waals surface area contributed by atoms with Gasteiger partial charge in [-0.3, -0.25) is 9.59 Å². The minimum absolute atomic E-state index is 0.0883. The van der Waals surface area contributed by atoms with Gasteiger partial charge in [-0.05, 0) is 31.7 Å². The third kappa shape index (κ3) is 4.53. The second-order valence-corrected chi connectivity index (χ2v) is 8.63. The molecule has 24 heavy (non-hydrogen) atoms. The molecule has 1 aliphatic heterocycles. The Morgan fingerprint density at radius 1 is 1.42 bits per heavy atom. The SMILES string of the molecule is CC(C)NC(=O)C(=O)NC[C@H]1OCCCN1S(=O)(=O)c1cccs1. The summed E-state index contributed by atoms with van der Waals surface area (Å²) in [5.41, 5.74) is 0. The fourth-order valence-electron chi connectivity index (χ4n) is 2.22. The van der Waals surface area contributed by atoms with Crippen molar-refractivity contribution < 1.29 is 22.7 Å². The molecule has 1 saturated heterocycles. The Bertz CT molecular complexity index is 673. The summed E-state index contributed by atoms with van der Waals surface area (Å²) in [6.07, 6.45) is -0.259. The average Bonchev–Trinajstić information content (AvgIpc) is 3.07. The van der Waals surface area contributed by atoms with Crippen molar-refractivity contribution in [2.75, 3.05) is 19.7 Å². The number of nitrogens with one attached hydrogen (secondary N) is 2. The smallest absolute Gasteiger partial charge is 0.309 e. The number of hydrogen-bond acceptors (Lipinski definition) is 6. The van der Waals surface area contributed by atoms with E-state index in [2.05, 4.69) is 10.6 Å². The second kappa shape index (κ2) is 8.06. The van der Waals surface area contributed by atoms with Crippen LogP contribution in [0.1, 0.15) is 20.3 Å². The van der Waals surface area contributed by atoms with Crippen molar-refractivity contribution in [3.63, 3.8) is 0 Å². The third-order valence-corrected chi connectivity index (χ3v) is 6.54. The number of amides is 2. The highest BCUT2D eigenvalue weighted by Crippen LogP contribution is 2.25. The van der Waals surface area contributed by atoms with E-state index in [0.29, 0.717) is 19.6 Å². The van der Waals surface area contributed by atoms with Gasteiger partial charge < -0.3 is 15.4 Å². The molecule has 1 aromatic rings. The Kier molecular flexibility index (Phi) is 6.33. The lowest BCUT2D eigenvalue weighted by molar-refractivity contribution is -0.140. The molecule has 0 aliphatic carbocycles. The van der Waals surface area contributed by atoms with Gasteiger partial charge in [0.05, 0.1) is 13.2 Å². The van der Waals surface area contributed by atoms with Gasteiger partial charge in [-0.2, -0.15) is 4.31 Å². The van der Waals surface area contributed by atoms with E-state index in [1.807, 2.05) is 0 Å². The first-order valence-corrected chi connectivity index (χ1v) is 9.90. The Morgan fingerprint density at radius 2 is 2.17 bits per heavy atom. The predicted octanol–water partition coefficient (Wildman–Crippen LogP) is 0.126. The summed E-state index contributed by atoms with van der Waals surface area (Å²) >= 11 is 1.13. The Morgan fingerprint density at radius 3 is 2.79 bits per heavy atom. The number of rotatable bonds is 5. The van der Waals surface area contributed by atoms with Crippen molar-refractivity contribution >= 4 is 33.2 Å². The largest absolute Gasteiger partial charge is 0.360 e. The maximum absolute atomic E-state index is 12.6. The highest BCUT2D eigenvalue weighted by atomic mass is 32.2. The van der Waals surface area contributed by atoms with Crippen LogP contribution in [0.5, 0.6) is 0 Å². The van der Waals surface area contributed by atoms with Crippen LogP contribution in [-0.2, 0) is 24.3 Å². The van der Waals surface area contributed by atoms with Crippen molar-refractivity contribution in [3.8, 4) is 0 Å². The first-order valence-electron chi connectivity index (χ1n) is 7.58. The first-order chi connectivity index (χ1) is 11.3. The molecule has 0 radical (unpaired) electrons. The quantitative estimate of drug-likeness (QED) is 0.712. The van der Waals surface area contributed by atoms with Crippen molar-refractivity contribution in [2.45, 2.75) is 36.7 Å². The standard InChI is InChI=1S/C14H21N3O5S2/c1-10(2)16-14(19)13(18)15-9-11-17(6-4-7-22-11)24(20,21)12-5-3-8-23-12/h3,5,8,10-11H,4,6-7,9H2,1-2H3,(H,15,18)(H,16,19)/t11-/m1/s1. The molecule has 0 bridgehead atoms. The van der Waals surface area contributed by atoms with Crippen LogP contribution in [0, 0.1) is 0 Å². The Labute approximate surface area is 145 Å². The van der Waals surface area contributed by atoms with Gasteiger partial charge in [-0.25, -0.2) is 8.42 Å².